The number of nitrogens with two attached hydrogens (primary N) is 1. The first-order valence-electron chi connectivity index (χ1n) is 4.51. The number of hydrogen-bond acceptors (Lipinski definition) is 3. The Morgan fingerprint density at radius 1 is 1.47 bits per heavy atom. The maximum Gasteiger partial charge on any atom is 0.244 e. The van der Waals surface area contributed by atoms with Gasteiger partial charge >= 0.3 is 0 Å². The van der Waals surface area contributed by atoms with Gasteiger partial charge < -0.3 is 5.73 Å². The Labute approximate surface area is 117 Å². The zero-order chi connectivity index (χ0) is 13.2. The molecule has 0 aliphatic heterocycles. The van der Waals surface area contributed by atoms with Crippen LogP contribution in [0, 0.1) is 12.3 Å². The fourth-order valence-corrected chi connectivity index (χ4v) is 4.42. The standard InChI is InChI=1S/C10H10Br2N2O2S/c1-3-6(2)14-17(15,16)10-8(12)4-7(11)5-9(10)13/h1,4-6,14H,13H2,2H3. The summed E-state index contributed by atoms with van der Waals surface area (Å²) in [5.41, 5.74) is 5.84. The Morgan fingerprint density at radius 3 is 2.53 bits per heavy atom. The summed E-state index contributed by atoms with van der Waals surface area (Å²) in [6.07, 6.45) is 5.13. The van der Waals surface area contributed by atoms with Crippen molar-refractivity contribution in [2.75, 3.05) is 5.73 Å². The van der Waals surface area contributed by atoms with Crippen LogP contribution in [0.25, 0.3) is 0 Å². The highest BCUT2D eigenvalue weighted by molar-refractivity contribution is 9.11. The highest BCUT2D eigenvalue weighted by atomic mass is 79.9. The Kier molecular flexibility index (Phi) is 4.61. The van der Waals surface area contributed by atoms with Gasteiger partial charge in [-0.1, -0.05) is 21.9 Å². The summed E-state index contributed by atoms with van der Waals surface area (Å²) in [7, 11) is -3.73. The van der Waals surface area contributed by atoms with Gasteiger partial charge in [0.1, 0.15) is 4.90 Å². The molecule has 0 fully saturated rings. The van der Waals surface area contributed by atoms with Crippen molar-refractivity contribution in [3.63, 3.8) is 0 Å². The molecule has 1 rings (SSSR count). The minimum Gasteiger partial charge on any atom is -0.398 e. The molecule has 1 aromatic carbocycles. The van der Waals surface area contributed by atoms with E-state index in [1.54, 1.807) is 13.0 Å². The third kappa shape index (κ3) is 3.45. The van der Waals surface area contributed by atoms with Crippen molar-refractivity contribution < 1.29 is 8.42 Å². The second-order valence-electron chi connectivity index (χ2n) is 3.32. The predicted octanol–water partition coefficient (Wildman–Crippen LogP) is 2.09. The van der Waals surface area contributed by atoms with Gasteiger partial charge in [-0.2, -0.15) is 4.72 Å². The predicted molar refractivity (Wildman–Crippen MR) is 74.9 cm³/mol. The van der Waals surface area contributed by atoms with Gasteiger partial charge in [0.05, 0.1) is 11.7 Å². The number of benzene rings is 1. The van der Waals surface area contributed by atoms with E-state index in [-0.39, 0.29) is 10.6 Å². The molecule has 0 bridgehead atoms. The minimum absolute atomic E-state index is 0.0113. The summed E-state index contributed by atoms with van der Waals surface area (Å²) in [6, 6.07) is 2.51. The van der Waals surface area contributed by atoms with Crippen LogP contribution >= 0.6 is 31.9 Å². The highest BCUT2D eigenvalue weighted by Gasteiger charge is 2.22. The van der Waals surface area contributed by atoms with Gasteiger partial charge in [-0.3, -0.25) is 0 Å². The third-order valence-electron chi connectivity index (χ3n) is 1.89. The van der Waals surface area contributed by atoms with Gasteiger partial charge in [0.2, 0.25) is 10.0 Å². The number of hydrogen-bond donors (Lipinski definition) is 2. The first kappa shape index (κ1) is 14.5. The van der Waals surface area contributed by atoms with E-state index in [0.717, 1.165) is 0 Å². The monoisotopic (exact) mass is 380 g/mol. The molecule has 0 spiro atoms. The molecular formula is C10H10Br2N2O2S. The molecule has 1 aromatic rings. The minimum atomic E-state index is -3.73. The molecule has 0 saturated heterocycles. The Bertz CT molecular complexity index is 555. The number of sulfonamides is 1. The molecule has 7 heteroatoms. The van der Waals surface area contributed by atoms with Gasteiger partial charge in [-0.25, -0.2) is 8.42 Å². The first-order chi connectivity index (χ1) is 7.77. The Morgan fingerprint density at radius 2 is 2.06 bits per heavy atom. The second-order valence-corrected chi connectivity index (χ2v) is 6.74. The third-order valence-corrected chi connectivity index (χ3v) is 4.89. The molecule has 3 N–H and O–H groups in total. The average molecular weight is 382 g/mol. The maximum atomic E-state index is 12.0. The van der Waals surface area contributed by atoms with Crippen LogP contribution in [0.2, 0.25) is 0 Å². The highest BCUT2D eigenvalue weighted by Crippen LogP contribution is 2.31. The Hall–Kier alpha value is -0.550. The molecule has 0 aliphatic rings. The summed E-state index contributed by atoms with van der Waals surface area (Å²) in [5, 5.41) is 0. The molecule has 17 heavy (non-hydrogen) atoms. The van der Waals surface area contributed by atoms with Crippen LogP contribution in [0.1, 0.15) is 6.92 Å². The van der Waals surface area contributed by atoms with Crippen molar-refractivity contribution in [1.82, 2.24) is 4.72 Å². The van der Waals surface area contributed by atoms with Crippen molar-refractivity contribution in [2.45, 2.75) is 17.9 Å². The quantitative estimate of drug-likeness (QED) is 0.622. The van der Waals surface area contributed by atoms with E-state index in [1.807, 2.05) is 0 Å². The summed E-state index contributed by atoms with van der Waals surface area (Å²) in [4.78, 5) is -0.0113. The molecule has 0 amide bonds. The lowest BCUT2D eigenvalue weighted by Crippen LogP contribution is -2.32. The molecule has 1 atom stereocenters. The molecule has 0 aliphatic carbocycles. The van der Waals surface area contributed by atoms with Crippen molar-refractivity contribution in [3.05, 3.63) is 21.1 Å². The molecule has 0 heterocycles. The van der Waals surface area contributed by atoms with Crippen LogP contribution in [-0.2, 0) is 10.0 Å². The van der Waals surface area contributed by atoms with E-state index in [2.05, 4.69) is 42.5 Å². The van der Waals surface area contributed by atoms with Crippen molar-refractivity contribution in [2.24, 2.45) is 0 Å². The van der Waals surface area contributed by atoms with Gasteiger partial charge in [0.15, 0.2) is 0 Å². The van der Waals surface area contributed by atoms with Crippen LogP contribution in [-0.4, -0.2) is 14.5 Å². The summed E-state index contributed by atoms with van der Waals surface area (Å²) in [5.74, 6) is 2.29. The Balaban J connectivity index is 3.31. The SMILES string of the molecule is C#CC(C)NS(=O)(=O)c1c(N)cc(Br)cc1Br. The molecule has 1 unspecified atom stereocenters. The van der Waals surface area contributed by atoms with Gasteiger partial charge in [0.25, 0.3) is 0 Å². The van der Waals surface area contributed by atoms with E-state index >= 15 is 0 Å². The van der Waals surface area contributed by atoms with Crippen LogP contribution in [0.4, 0.5) is 5.69 Å². The number of terminal acetylenes is 1. The van der Waals surface area contributed by atoms with E-state index in [1.165, 1.54) is 6.07 Å². The summed E-state index contributed by atoms with van der Waals surface area (Å²) < 4.78 is 27.4. The normalized spacial score (nSPS) is 13.1. The number of halogens is 2. The topological polar surface area (TPSA) is 72.2 Å². The lowest BCUT2D eigenvalue weighted by atomic mass is 10.3. The maximum absolute atomic E-state index is 12.0. The van der Waals surface area contributed by atoms with Crippen LogP contribution in [0.5, 0.6) is 0 Å². The lowest BCUT2D eigenvalue weighted by Gasteiger charge is -2.13. The van der Waals surface area contributed by atoms with E-state index < -0.39 is 16.1 Å². The molecule has 0 aromatic heterocycles. The lowest BCUT2D eigenvalue weighted by molar-refractivity contribution is 0.577. The molecule has 92 valence electrons. The van der Waals surface area contributed by atoms with Crippen molar-refractivity contribution >= 4 is 47.6 Å². The van der Waals surface area contributed by atoms with Gasteiger partial charge in [0, 0.05) is 8.95 Å². The summed E-state index contributed by atoms with van der Waals surface area (Å²) in [6.45, 7) is 1.57. The number of nitrogen functional groups attached to an aromatic ring is 1. The largest absolute Gasteiger partial charge is 0.398 e. The zero-order valence-electron chi connectivity index (χ0n) is 8.87. The van der Waals surface area contributed by atoms with Crippen molar-refractivity contribution in [3.8, 4) is 12.3 Å². The smallest absolute Gasteiger partial charge is 0.244 e. The number of nitrogens with one attached hydrogen (secondary N) is 1. The average Bonchev–Trinajstić information content (AvgIpc) is 2.14. The molecule has 0 saturated carbocycles. The number of rotatable bonds is 3. The molecule has 4 nitrogen and oxygen atoms in total. The molecular weight excluding hydrogens is 372 g/mol. The number of anilines is 1. The zero-order valence-corrected chi connectivity index (χ0v) is 12.9. The van der Waals surface area contributed by atoms with E-state index in [9.17, 15) is 8.42 Å². The van der Waals surface area contributed by atoms with E-state index in [0.29, 0.717) is 8.95 Å². The second kappa shape index (κ2) is 5.40. The van der Waals surface area contributed by atoms with Gasteiger partial charge in [-0.05, 0) is 35.0 Å². The van der Waals surface area contributed by atoms with Crippen LogP contribution in [0.15, 0.2) is 26.0 Å². The summed E-state index contributed by atoms with van der Waals surface area (Å²) >= 11 is 6.39. The van der Waals surface area contributed by atoms with Gasteiger partial charge in [-0.15, -0.1) is 6.42 Å². The fraction of sp³-hybridized carbons (Fsp3) is 0.200. The van der Waals surface area contributed by atoms with Crippen LogP contribution < -0.4 is 10.5 Å². The van der Waals surface area contributed by atoms with Crippen molar-refractivity contribution in [1.29, 1.82) is 0 Å². The van der Waals surface area contributed by atoms with Crippen LogP contribution in [0.3, 0.4) is 0 Å². The first-order valence-corrected chi connectivity index (χ1v) is 7.58. The fourth-order valence-electron chi connectivity index (χ4n) is 1.19. The van der Waals surface area contributed by atoms with E-state index in [4.69, 9.17) is 12.2 Å². The molecule has 0 radical (unpaired) electrons.